The summed E-state index contributed by atoms with van der Waals surface area (Å²) in [6.45, 7) is 3.39. The number of aldehydes is 2. The van der Waals surface area contributed by atoms with Gasteiger partial charge in [0.25, 0.3) is 0 Å². The first-order valence-corrected chi connectivity index (χ1v) is 3.14. The van der Waals surface area contributed by atoms with Crippen LogP contribution in [0.5, 0.6) is 0 Å². The molecular weight excluding hydrogens is 132 g/mol. The van der Waals surface area contributed by atoms with Crippen LogP contribution in [0.1, 0.15) is 13.8 Å². The molecule has 0 heterocycles. The molecule has 2 unspecified atom stereocenters. The monoisotopic (exact) mass is 142 g/mol. The summed E-state index contributed by atoms with van der Waals surface area (Å²) < 4.78 is 0. The number of carbonyl (C=O) groups is 2. The fourth-order valence-corrected chi connectivity index (χ4v) is 1.31. The molecule has 1 fully saturated rings. The molecule has 0 aliphatic heterocycles. The van der Waals surface area contributed by atoms with Crippen LogP contribution < -0.4 is 0 Å². The topological polar surface area (TPSA) is 54.4 Å². The highest BCUT2D eigenvalue weighted by Gasteiger charge is 2.71. The van der Waals surface area contributed by atoms with Crippen molar-refractivity contribution in [1.82, 2.24) is 0 Å². The lowest BCUT2D eigenvalue weighted by Gasteiger charge is -2.01. The van der Waals surface area contributed by atoms with Gasteiger partial charge in [-0.2, -0.15) is 0 Å². The first kappa shape index (κ1) is 7.41. The van der Waals surface area contributed by atoms with Crippen LogP contribution in [0.2, 0.25) is 0 Å². The maximum atomic E-state index is 10.3. The van der Waals surface area contributed by atoms with E-state index in [1.807, 2.05) is 0 Å². The van der Waals surface area contributed by atoms with Crippen molar-refractivity contribution < 1.29 is 14.7 Å². The number of aliphatic hydroxyl groups is 1. The highest BCUT2D eigenvalue weighted by Crippen LogP contribution is 2.59. The summed E-state index contributed by atoms with van der Waals surface area (Å²) in [4.78, 5) is 20.5. The smallest absolute Gasteiger partial charge is 0.152 e. The van der Waals surface area contributed by atoms with Crippen LogP contribution in [-0.4, -0.2) is 23.3 Å². The molecule has 1 rings (SSSR count). The van der Waals surface area contributed by atoms with Gasteiger partial charge < -0.3 is 14.7 Å². The van der Waals surface area contributed by atoms with Gasteiger partial charge in [-0.3, -0.25) is 0 Å². The zero-order valence-electron chi connectivity index (χ0n) is 6.00. The molecule has 1 aliphatic carbocycles. The fourth-order valence-electron chi connectivity index (χ4n) is 1.31. The summed E-state index contributed by atoms with van der Waals surface area (Å²) in [6, 6.07) is 0. The van der Waals surface area contributed by atoms with Crippen LogP contribution in [0.3, 0.4) is 0 Å². The molecule has 0 aromatic carbocycles. The second-order valence-electron chi connectivity index (χ2n) is 3.28. The SMILES string of the molecule is CC1(C)C(C=O)C1(O)C=O. The normalized spacial score (nSPS) is 42.5. The Morgan fingerprint density at radius 3 is 2.00 bits per heavy atom. The molecule has 3 heteroatoms. The minimum atomic E-state index is -1.39. The molecule has 0 spiro atoms. The molecule has 10 heavy (non-hydrogen) atoms. The van der Waals surface area contributed by atoms with Crippen molar-refractivity contribution in [2.75, 3.05) is 0 Å². The van der Waals surface area contributed by atoms with E-state index in [-0.39, 0.29) is 0 Å². The van der Waals surface area contributed by atoms with E-state index in [0.717, 1.165) is 0 Å². The van der Waals surface area contributed by atoms with E-state index in [9.17, 15) is 14.7 Å². The number of carbonyl (C=O) groups excluding carboxylic acids is 2. The molecule has 1 saturated carbocycles. The predicted molar refractivity (Wildman–Crippen MR) is 34.3 cm³/mol. The molecule has 0 bridgehead atoms. The Hall–Kier alpha value is -0.700. The zero-order chi connectivity index (χ0) is 7.99. The summed E-state index contributed by atoms with van der Waals surface area (Å²) in [6.07, 6.45) is 1.08. The summed E-state index contributed by atoms with van der Waals surface area (Å²) in [7, 11) is 0. The largest absolute Gasteiger partial charge is 0.381 e. The van der Waals surface area contributed by atoms with E-state index in [4.69, 9.17) is 0 Å². The average Bonchev–Trinajstić information content (AvgIpc) is 2.29. The Kier molecular flexibility index (Phi) is 1.23. The van der Waals surface area contributed by atoms with Gasteiger partial charge in [0.1, 0.15) is 11.9 Å². The Morgan fingerprint density at radius 1 is 1.40 bits per heavy atom. The zero-order valence-corrected chi connectivity index (χ0v) is 6.00. The first-order valence-electron chi connectivity index (χ1n) is 3.14. The molecule has 0 saturated heterocycles. The first-order chi connectivity index (χ1) is 4.50. The minimum Gasteiger partial charge on any atom is -0.381 e. The van der Waals surface area contributed by atoms with Crippen LogP contribution in [0.15, 0.2) is 0 Å². The fraction of sp³-hybridized carbons (Fsp3) is 0.714. The van der Waals surface area contributed by atoms with Crippen molar-refractivity contribution >= 4 is 12.6 Å². The highest BCUT2D eigenvalue weighted by atomic mass is 16.3. The van der Waals surface area contributed by atoms with Gasteiger partial charge in [-0.05, 0) is 0 Å². The second kappa shape index (κ2) is 1.66. The van der Waals surface area contributed by atoms with Crippen molar-refractivity contribution in [2.45, 2.75) is 19.4 Å². The lowest BCUT2D eigenvalue weighted by molar-refractivity contribution is -0.121. The van der Waals surface area contributed by atoms with Gasteiger partial charge in [0, 0.05) is 5.41 Å². The maximum absolute atomic E-state index is 10.3. The lowest BCUT2D eigenvalue weighted by atomic mass is 10.1. The van der Waals surface area contributed by atoms with Crippen LogP contribution >= 0.6 is 0 Å². The van der Waals surface area contributed by atoms with Gasteiger partial charge >= 0.3 is 0 Å². The molecule has 1 aliphatic rings. The molecule has 2 atom stereocenters. The molecule has 1 N–H and O–H groups in total. The lowest BCUT2D eigenvalue weighted by Crippen LogP contribution is -2.17. The van der Waals surface area contributed by atoms with E-state index >= 15 is 0 Å². The van der Waals surface area contributed by atoms with Gasteiger partial charge in [0.05, 0.1) is 5.92 Å². The summed E-state index contributed by atoms with van der Waals surface area (Å²) in [5.74, 6) is -0.516. The van der Waals surface area contributed by atoms with E-state index in [2.05, 4.69) is 0 Å². The van der Waals surface area contributed by atoms with Crippen molar-refractivity contribution in [3.8, 4) is 0 Å². The van der Waals surface area contributed by atoms with Crippen molar-refractivity contribution in [3.05, 3.63) is 0 Å². The third-order valence-corrected chi connectivity index (χ3v) is 2.52. The van der Waals surface area contributed by atoms with Crippen molar-refractivity contribution in [3.63, 3.8) is 0 Å². The van der Waals surface area contributed by atoms with E-state index in [1.165, 1.54) is 0 Å². The molecule has 0 aromatic heterocycles. The van der Waals surface area contributed by atoms with Gasteiger partial charge in [-0.15, -0.1) is 0 Å². The third kappa shape index (κ3) is 0.534. The van der Waals surface area contributed by atoms with Gasteiger partial charge in [0.15, 0.2) is 6.29 Å². The Bertz CT molecular complexity index is 185. The summed E-state index contributed by atoms with van der Waals surface area (Å²) in [5.41, 5.74) is -1.95. The van der Waals surface area contributed by atoms with E-state index in [1.54, 1.807) is 13.8 Å². The Morgan fingerprint density at radius 2 is 1.90 bits per heavy atom. The van der Waals surface area contributed by atoms with E-state index < -0.39 is 16.9 Å². The van der Waals surface area contributed by atoms with Crippen LogP contribution in [0, 0.1) is 11.3 Å². The minimum absolute atomic E-state index is 0.450. The van der Waals surface area contributed by atoms with Gasteiger partial charge in [-0.1, -0.05) is 13.8 Å². The van der Waals surface area contributed by atoms with E-state index in [0.29, 0.717) is 12.6 Å². The average molecular weight is 142 g/mol. The standard InChI is InChI=1S/C7H10O3/c1-6(2)5(3-8)7(6,10)4-9/h3-5,10H,1-2H3. The van der Waals surface area contributed by atoms with Crippen LogP contribution in [0.25, 0.3) is 0 Å². The van der Waals surface area contributed by atoms with Crippen molar-refractivity contribution in [1.29, 1.82) is 0 Å². The molecular formula is C7H10O3. The Labute approximate surface area is 59.0 Å². The molecule has 56 valence electrons. The maximum Gasteiger partial charge on any atom is 0.152 e. The highest BCUT2D eigenvalue weighted by molar-refractivity contribution is 5.82. The molecule has 0 amide bonds. The van der Waals surface area contributed by atoms with Gasteiger partial charge in [-0.25, -0.2) is 0 Å². The molecule has 0 radical (unpaired) electrons. The van der Waals surface area contributed by atoms with Crippen LogP contribution in [0.4, 0.5) is 0 Å². The summed E-state index contributed by atoms with van der Waals surface area (Å²) in [5, 5.41) is 9.33. The number of hydrogen-bond donors (Lipinski definition) is 1. The number of rotatable bonds is 2. The molecule has 3 nitrogen and oxygen atoms in total. The number of hydrogen-bond acceptors (Lipinski definition) is 3. The Balaban J connectivity index is 2.87. The molecule has 0 aromatic rings. The third-order valence-electron chi connectivity index (χ3n) is 2.52. The van der Waals surface area contributed by atoms with Crippen LogP contribution in [-0.2, 0) is 9.59 Å². The second-order valence-corrected chi connectivity index (χ2v) is 3.28. The summed E-state index contributed by atoms with van der Waals surface area (Å²) >= 11 is 0. The predicted octanol–water partition coefficient (Wildman–Crippen LogP) is -0.229. The quantitative estimate of drug-likeness (QED) is 0.542. The van der Waals surface area contributed by atoms with Gasteiger partial charge in [0.2, 0.25) is 0 Å². The van der Waals surface area contributed by atoms with Crippen molar-refractivity contribution in [2.24, 2.45) is 11.3 Å².